The first-order valence-corrected chi connectivity index (χ1v) is 8.53. The number of nitrogens with zero attached hydrogens (tertiary/aromatic N) is 3. The van der Waals surface area contributed by atoms with Gasteiger partial charge in [-0.1, -0.05) is 6.07 Å². The van der Waals surface area contributed by atoms with Gasteiger partial charge in [0, 0.05) is 13.6 Å². The van der Waals surface area contributed by atoms with Crippen LogP contribution in [0.4, 0.5) is 25.0 Å². The zero-order valence-electron chi connectivity index (χ0n) is 15.8. The van der Waals surface area contributed by atoms with Gasteiger partial charge >= 0.3 is 6.09 Å². The minimum atomic E-state index is -1.18. The van der Waals surface area contributed by atoms with Gasteiger partial charge in [0.15, 0.2) is 11.6 Å². The molecule has 5 nitrogen and oxygen atoms in total. The molecule has 27 heavy (non-hydrogen) atoms. The summed E-state index contributed by atoms with van der Waals surface area (Å²) >= 11 is 0. The number of amides is 1. The van der Waals surface area contributed by atoms with Crippen molar-refractivity contribution in [2.75, 3.05) is 18.5 Å². The molecule has 0 aliphatic carbocycles. The van der Waals surface area contributed by atoms with Crippen molar-refractivity contribution < 1.29 is 18.7 Å². The molecule has 0 aliphatic rings. The van der Waals surface area contributed by atoms with Crippen LogP contribution >= 0.6 is 0 Å². The lowest BCUT2D eigenvalue weighted by atomic mass is 10.1. The minimum Gasteiger partial charge on any atom is -0.465 e. The van der Waals surface area contributed by atoms with Crippen LogP contribution in [0.5, 0.6) is 0 Å². The zero-order valence-corrected chi connectivity index (χ0v) is 15.8. The van der Waals surface area contributed by atoms with Crippen molar-refractivity contribution in [3.05, 3.63) is 58.7 Å². The Hall–Kier alpha value is -2.96. The van der Waals surface area contributed by atoms with E-state index >= 15 is 0 Å². The summed E-state index contributed by atoms with van der Waals surface area (Å²) < 4.78 is 26.6. The van der Waals surface area contributed by atoms with Gasteiger partial charge in [-0.05, 0) is 61.7 Å². The van der Waals surface area contributed by atoms with Crippen molar-refractivity contribution in [1.82, 2.24) is 4.90 Å². The number of benzene rings is 2. The third-order valence-corrected chi connectivity index (χ3v) is 4.25. The first kappa shape index (κ1) is 20.4. The molecule has 1 amide bonds. The summed E-state index contributed by atoms with van der Waals surface area (Å²) in [5.74, 6) is -1.97. The van der Waals surface area contributed by atoms with Gasteiger partial charge in [0.1, 0.15) is 0 Å². The van der Waals surface area contributed by atoms with Crippen LogP contribution in [0.15, 0.2) is 35.3 Å². The number of halogens is 2. The number of hydrogen-bond acceptors (Lipinski definition) is 2. The van der Waals surface area contributed by atoms with E-state index in [1.165, 1.54) is 6.07 Å². The standard InChI is InChI=1S/C20H23F2N3O2/c1-5-24(4)12-23-18-8-14(3)19(9-13(18)2)25(20(26)27)11-15-6-7-16(21)17(22)10-15/h6-10,12H,5,11H2,1-4H3,(H,26,27)/b23-12+. The van der Waals surface area contributed by atoms with Crippen LogP contribution in [-0.2, 0) is 6.54 Å². The highest BCUT2D eigenvalue weighted by Crippen LogP contribution is 2.30. The SMILES string of the molecule is CCN(C)/C=N/c1cc(C)c(N(Cc2ccc(F)c(F)c2)C(=O)O)cc1C. The first-order valence-electron chi connectivity index (χ1n) is 8.53. The van der Waals surface area contributed by atoms with Gasteiger partial charge in [0.05, 0.1) is 24.3 Å². The maximum atomic E-state index is 13.4. The summed E-state index contributed by atoms with van der Waals surface area (Å²) in [5, 5.41) is 9.63. The molecule has 7 heteroatoms. The second-order valence-electron chi connectivity index (χ2n) is 6.36. The van der Waals surface area contributed by atoms with Gasteiger partial charge in [-0.15, -0.1) is 0 Å². The monoisotopic (exact) mass is 375 g/mol. The number of hydrogen-bond donors (Lipinski definition) is 1. The zero-order chi connectivity index (χ0) is 20.1. The van der Waals surface area contributed by atoms with Crippen molar-refractivity contribution in [1.29, 1.82) is 0 Å². The van der Waals surface area contributed by atoms with E-state index in [-0.39, 0.29) is 6.54 Å². The van der Waals surface area contributed by atoms with Crippen LogP contribution in [0, 0.1) is 25.5 Å². The normalized spacial score (nSPS) is 11.0. The topological polar surface area (TPSA) is 56.1 Å². The van der Waals surface area contributed by atoms with Crippen LogP contribution < -0.4 is 4.90 Å². The Labute approximate surface area is 157 Å². The Balaban J connectivity index is 2.36. The minimum absolute atomic E-state index is 0.0893. The number of aryl methyl sites for hydroxylation is 2. The summed E-state index contributed by atoms with van der Waals surface area (Å²) in [7, 11) is 1.91. The molecule has 0 atom stereocenters. The Morgan fingerprint density at radius 2 is 1.85 bits per heavy atom. The van der Waals surface area contributed by atoms with E-state index in [1.807, 2.05) is 31.9 Å². The predicted octanol–water partition coefficient (Wildman–Crippen LogP) is 4.88. The van der Waals surface area contributed by atoms with Crippen molar-refractivity contribution in [2.45, 2.75) is 27.3 Å². The number of carboxylic acid groups (broad SMARTS) is 1. The van der Waals surface area contributed by atoms with E-state index < -0.39 is 17.7 Å². The Morgan fingerprint density at radius 1 is 1.15 bits per heavy atom. The number of carbonyl (C=O) groups is 1. The van der Waals surface area contributed by atoms with Crippen LogP contribution in [0.3, 0.4) is 0 Å². The quantitative estimate of drug-likeness (QED) is 0.578. The Kier molecular flexibility index (Phi) is 6.50. The molecule has 2 aromatic carbocycles. The fraction of sp³-hybridized carbons (Fsp3) is 0.300. The Bertz CT molecular complexity index is 869. The lowest BCUT2D eigenvalue weighted by Crippen LogP contribution is -2.29. The van der Waals surface area contributed by atoms with Crippen molar-refractivity contribution in [2.24, 2.45) is 4.99 Å². The third kappa shape index (κ3) is 5.03. The summed E-state index contributed by atoms with van der Waals surface area (Å²) in [4.78, 5) is 19.2. The maximum Gasteiger partial charge on any atom is 0.412 e. The lowest BCUT2D eigenvalue weighted by Gasteiger charge is -2.23. The largest absolute Gasteiger partial charge is 0.465 e. The second kappa shape index (κ2) is 8.62. The molecule has 1 N–H and O–H groups in total. The van der Waals surface area contributed by atoms with Crippen LogP contribution in [-0.4, -0.2) is 36.0 Å². The fourth-order valence-corrected chi connectivity index (χ4v) is 2.53. The van der Waals surface area contributed by atoms with Crippen molar-refractivity contribution >= 4 is 23.8 Å². The fourth-order valence-electron chi connectivity index (χ4n) is 2.53. The van der Waals surface area contributed by atoms with Gasteiger partial charge < -0.3 is 10.0 Å². The molecule has 0 fully saturated rings. The molecule has 0 unspecified atom stereocenters. The van der Waals surface area contributed by atoms with E-state index in [1.54, 1.807) is 19.3 Å². The van der Waals surface area contributed by atoms with E-state index in [2.05, 4.69) is 4.99 Å². The van der Waals surface area contributed by atoms with Crippen molar-refractivity contribution in [3.63, 3.8) is 0 Å². The van der Waals surface area contributed by atoms with Gasteiger partial charge in [-0.2, -0.15) is 0 Å². The van der Waals surface area contributed by atoms with Gasteiger partial charge in [0.2, 0.25) is 0 Å². The van der Waals surface area contributed by atoms with Crippen LogP contribution in [0.25, 0.3) is 0 Å². The highest BCUT2D eigenvalue weighted by atomic mass is 19.2. The third-order valence-electron chi connectivity index (χ3n) is 4.25. The lowest BCUT2D eigenvalue weighted by molar-refractivity contribution is 0.201. The summed E-state index contributed by atoms with van der Waals surface area (Å²) in [5.41, 5.74) is 3.12. The number of rotatable bonds is 6. The molecule has 0 saturated heterocycles. The average Bonchev–Trinajstić information content (AvgIpc) is 2.62. The molecule has 0 bridgehead atoms. The summed E-state index contributed by atoms with van der Waals surface area (Å²) in [6.07, 6.45) is 0.543. The molecular formula is C20H23F2N3O2. The predicted molar refractivity (Wildman–Crippen MR) is 103 cm³/mol. The van der Waals surface area contributed by atoms with E-state index in [0.29, 0.717) is 11.3 Å². The van der Waals surface area contributed by atoms with E-state index in [9.17, 15) is 18.7 Å². The molecule has 0 radical (unpaired) electrons. The maximum absolute atomic E-state index is 13.4. The Morgan fingerprint density at radius 3 is 2.44 bits per heavy atom. The molecular weight excluding hydrogens is 352 g/mol. The number of anilines is 1. The number of aliphatic imine (C=N–C) groups is 1. The first-order chi connectivity index (χ1) is 12.7. The second-order valence-corrected chi connectivity index (χ2v) is 6.36. The van der Waals surface area contributed by atoms with Gasteiger partial charge in [-0.25, -0.2) is 18.6 Å². The summed E-state index contributed by atoms with van der Waals surface area (Å²) in [6.45, 7) is 6.38. The highest BCUT2D eigenvalue weighted by molar-refractivity contribution is 5.88. The molecule has 2 aromatic rings. The average molecular weight is 375 g/mol. The smallest absolute Gasteiger partial charge is 0.412 e. The molecule has 2 rings (SSSR count). The summed E-state index contributed by atoms with van der Waals surface area (Å²) in [6, 6.07) is 6.92. The highest BCUT2D eigenvalue weighted by Gasteiger charge is 2.19. The molecule has 0 saturated carbocycles. The van der Waals surface area contributed by atoms with E-state index in [4.69, 9.17) is 0 Å². The molecule has 0 aromatic heterocycles. The van der Waals surface area contributed by atoms with Crippen LogP contribution in [0.1, 0.15) is 23.6 Å². The molecule has 0 aliphatic heterocycles. The van der Waals surface area contributed by atoms with E-state index in [0.717, 1.165) is 40.4 Å². The van der Waals surface area contributed by atoms with Gasteiger partial charge in [0.25, 0.3) is 0 Å². The van der Waals surface area contributed by atoms with Gasteiger partial charge in [-0.3, -0.25) is 4.90 Å². The molecule has 0 heterocycles. The molecule has 144 valence electrons. The van der Waals surface area contributed by atoms with Crippen molar-refractivity contribution in [3.8, 4) is 0 Å². The van der Waals surface area contributed by atoms with Crippen LogP contribution in [0.2, 0.25) is 0 Å². The molecule has 0 spiro atoms.